The van der Waals surface area contributed by atoms with Crippen molar-refractivity contribution in [2.45, 2.75) is 13.1 Å². The molecule has 0 bridgehead atoms. The number of hydrogen-bond acceptors (Lipinski definition) is 6. The maximum Gasteiger partial charge on any atom is 0.227 e. The Labute approximate surface area is 218 Å². The fourth-order valence-corrected chi connectivity index (χ4v) is 5.02. The predicted molar refractivity (Wildman–Crippen MR) is 151 cm³/mol. The minimum atomic E-state index is 0.615. The SMILES string of the molecule is CN1CCN(c2ccc(Nc3ncc4c(n3)C(c3ccccc3)=CN(Cc3ccccc3)C4)cc2)CC1. The van der Waals surface area contributed by atoms with Crippen LogP contribution in [0.1, 0.15) is 22.4 Å². The van der Waals surface area contributed by atoms with E-state index in [0.29, 0.717) is 5.95 Å². The number of fused-ring (bicyclic) bond motifs is 1. The first-order valence-corrected chi connectivity index (χ1v) is 12.9. The highest BCUT2D eigenvalue weighted by molar-refractivity contribution is 5.80. The fourth-order valence-electron chi connectivity index (χ4n) is 5.02. The van der Waals surface area contributed by atoms with Crippen molar-refractivity contribution >= 4 is 22.9 Å². The van der Waals surface area contributed by atoms with Gasteiger partial charge in [0.1, 0.15) is 0 Å². The molecule has 3 heterocycles. The van der Waals surface area contributed by atoms with Gasteiger partial charge in [0.25, 0.3) is 0 Å². The van der Waals surface area contributed by atoms with Crippen molar-refractivity contribution in [3.05, 3.63) is 120 Å². The Kier molecular flexibility index (Phi) is 6.57. The average molecular weight is 489 g/mol. The summed E-state index contributed by atoms with van der Waals surface area (Å²) >= 11 is 0. The lowest BCUT2D eigenvalue weighted by Crippen LogP contribution is -2.44. The molecular formula is C31H32N6. The van der Waals surface area contributed by atoms with Gasteiger partial charge in [-0.05, 0) is 42.4 Å². The van der Waals surface area contributed by atoms with Crippen LogP contribution in [0, 0.1) is 0 Å². The van der Waals surface area contributed by atoms with E-state index in [1.807, 2.05) is 12.3 Å². The highest BCUT2D eigenvalue weighted by Gasteiger charge is 2.22. The Hall–Kier alpha value is -4.16. The Morgan fingerprint density at radius 2 is 1.51 bits per heavy atom. The van der Waals surface area contributed by atoms with E-state index in [2.05, 4.69) is 117 Å². The largest absolute Gasteiger partial charge is 0.369 e. The Morgan fingerprint density at radius 1 is 0.811 bits per heavy atom. The van der Waals surface area contributed by atoms with E-state index in [0.717, 1.165) is 67.3 Å². The van der Waals surface area contributed by atoms with Gasteiger partial charge in [-0.2, -0.15) is 0 Å². The van der Waals surface area contributed by atoms with Crippen LogP contribution < -0.4 is 10.2 Å². The summed E-state index contributed by atoms with van der Waals surface area (Å²) in [6.07, 6.45) is 4.21. The second kappa shape index (κ2) is 10.4. The number of nitrogens with zero attached hydrogens (tertiary/aromatic N) is 5. The first-order valence-electron chi connectivity index (χ1n) is 12.9. The highest BCUT2D eigenvalue weighted by atomic mass is 15.2. The van der Waals surface area contributed by atoms with Crippen molar-refractivity contribution in [2.75, 3.05) is 43.4 Å². The topological polar surface area (TPSA) is 47.5 Å². The molecule has 6 rings (SSSR count). The minimum absolute atomic E-state index is 0.615. The molecule has 1 N–H and O–H groups in total. The van der Waals surface area contributed by atoms with Crippen molar-refractivity contribution in [3.8, 4) is 0 Å². The lowest BCUT2D eigenvalue weighted by Gasteiger charge is -2.34. The van der Waals surface area contributed by atoms with Crippen LogP contribution in [-0.2, 0) is 13.1 Å². The molecule has 0 unspecified atom stereocenters. The van der Waals surface area contributed by atoms with Crippen LogP contribution in [0.3, 0.4) is 0 Å². The zero-order valence-corrected chi connectivity index (χ0v) is 21.2. The van der Waals surface area contributed by atoms with E-state index in [9.17, 15) is 0 Å². The second-order valence-corrected chi connectivity index (χ2v) is 9.83. The number of aromatic nitrogens is 2. The molecule has 0 spiro atoms. The third-order valence-corrected chi connectivity index (χ3v) is 7.11. The van der Waals surface area contributed by atoms with Crippen LogP contribution in [0.4, 0.5) is 17.3 Å². The summed E-state index contributed by atoms with van der Waals surface area (Å²) in [6, 6.07) is 29.7. The van der Waals surface area contributed by atoms with Crippen molar-refractivity contribution < 1.29 is 0 Å². The van der Waals surface area contributed by atoms with E-state index >= 15 is 0 Å². The summed E-state index contributed by atoms with van der Waals surface area (Å²) < 4.78 is 0. The van der Waals surface area contributed by atoms with Crippen molar-refractivity contribution in [1.82, 2.24) is 19.8 Å². The number of likely N-dealkylation sites (N-methyl/N-ethyl adjacent to an activating group) is 1. The number of nitrogens with one attached hydrogen (secondary N) is 1. The average Bonchev–Trinajstić information content (AvgIpc) is 2.95. The first-order chi connectivity index (χ1) is 18.2. The van der Waals surface area contributed by atoms with Gasteiger partial charge in [0.05, 0.1) is 5.69 Å². The molecule has 1 aromatic heterocycles. The van der Waals surface area contributed by atoms with Gasteiger partial charge < -0.3 is 20.0 Å². The van der Waals surface area contributed by atoms with Gasteiger partial charge in [-0.25, -0.2) is 9.97 Å². The summed E-state index contributed by atoms with van der Waals surface area (Å²) in [7, 11) is 2.18. The summed E-state index contributed by atoms with van der Waals surface area (Å²) in [5.74, 6) is 0.615. The Bertz CT molecular complexity index is 1360. The maximum atomic E-state index is 5.00. The van der Waals surface area contributed by atoms with Crippen LogP contribution in [0.5, 0.6) is 0 Å². The van der Waals surface area contributed by atoms with Gasteiger partial charge in [-0.15, -0.1) is 0 Å². The second-order valence-electron chi connectivity index (χ2n) is 9.83. The van der Waals surface area contributed by atoms with Gasteiger partial charge in [-0.1, -0.05) is 60.7 Å². The monoisotopic (exact) mass is 488 g/mol. The molecule has 37 heavy (non-hydrogen) atoms. The molecular weight excluding hydrogens is 456 g/mol. The van der Waals surface area contributed by atoms with Gasteiger partial charge in [0, 0.05) is 74.2 Å². The molecule has 2 aliphatic rings. The van der Waals surface area contributed by atoms with E-state index in [1.165, 1.54) is 11.3 Å². The Balaban J connectivity index is 1.24. The normalized spacial score (nSPS) is 15.8. The van der Waals surface area contributed by atoms with E-state index in [-0.39, 0.29) is 0 Å². The van der Waals surface area contributed by atoms with E-state index in [4.69, 9.17) is 4.98 Å². The molecule has 186 valence electrons. The lowest BCUT2D eigenvalue weighted by molar-refractivity contribution is 0.313. The molecule has 6 heteroatoms. The first kappa shape index (κ1) is 23.3. The molecule has 4 aromatic rings. The molecule has 0 amide bonds. The summed E-state index contributed by atoms with van der Waals surface area (Å²) in [5.41, 5.74) is 7.93. The van der Waals surface area contributed by atoms with Crippen LogP contribution in [0.25, 0.3) is 5.57 Å². The lowest BCUT2D eigenvalue weighted by atomic mass is 9.97. The molecule has 0 radical (unpaired) electrons. The van der Waals surface area contributed by atoms with Gasteiger partial charge in [0.2, 0.25) is 5.95 Å². The zero-order valence-electron chi connectivity index (χ0n) is 21.2. The molecule has 3 aromatic carbocycles. The Morgan fingerprint density at radius 3 is 2.24 bits per heavy atom. The quantitative estimate of drug-likeness (QED) is 0.393. The summed E-state index contributed by atoms with van der Waals surface area (Å²) in [4.78, 5) is 16.8. The van der Waals surface area contributed by atoms with E-state index < -0.39 is 0 Å². The molecule has 0 atom stereocenters. The smallest absolute Gasteiger partial charge is 0.227 e. The summed E-state index contributed by atoms with van der Waals surface area (Å²) in [5, 5.41) is 3.42. The number of benzene rings is 3. The van der Waals surface area contributed by atoms with E-state index in [1.54, 1.807) is 0 Å². The van der Waals surface area contributed by atoms with Crippen LogP contribution in [-0.4, -0.2) is 53.0 Å². The third kappa shape index (κ3) is 5.34. The maximum absolute atomic E-state index is 5.00. The number of anilines is 3. The van der Waals surface area contributed by atoms with Crippen LogP contribution in [0.15, 0.2) is 97.3 Å². The van der Waals surface area contributed by atoms with Crippen molar-refractivity contribution in [3.63, 3.8) is 0 Å². The van der Waals surface area contributed by atoms with Crippen LogP contribution >= 0.6 is 0 Å². The van der Waals surface area contributed by atoms with Gasteiger partial charge in [-0.3, -0.25) is 0 Å². The summed E-state index contributed by atoms with van der Waals surface area (Å²) in [6.45, 7) is 5.95. The standard InChI is InChI=1S/C31H32N6/c1-35-16-18-37(19-17-35)28-14-12-27(13-15-28)33-31-32-20-26-22-36(21-24-8-4-2-5-9-24)23-29(30(26)34-31)25-10-6-3-7-11-25/h2-15,20,23H,16-19,21-22H2,1H3,(H,32,33,34). The third-order valence-electron chi connectivity index (χ3n) is 7.11. The fraction of sp³-hybridized carbons (Fsp3) is 0.226. The zero-order chi connectivity index (χ0) is 25.0. The molecule has 0 saturated carbocycles. The molecule has 0 aliphatic carbocycles. The van der Waals surface area contributed by atoms with Crippen LogP contribution in [0.2, 0.25) is 0 Å². The highest BCUT2D eigenvalue weighted by Crippen LogP contribution is 2.32. The molecule has 1 fully saturated rings. The van der Waals surface area contributed by atoms with Crippen molar-refractivity contribution in [1.29, 1.82) is 0 Å². The molecule has 6 nitrogen and oxygen atoms in total. The number of hydrogen-bond donors (Lipinski definition) is 1. The number of rotatable bonds is 6. The molecule has 2 aliphatic heterocycles. The molecule has 1 saturated heterocycles. The number of piperazine rings is 1. The van der Waals surface area contributed by atoms with Gasteiger partial charge >= 0.3 is 0 Å². The minimum Gasteiger partial charge on any atom is -0.369 e. The van der Waals surface area contributed by atoms with Crippen molar-refractivity contribution in [2.24, 2.45) is 0 Å². The predicted octanol–water partition coefficient (Wildman–Crippen LogP) is 5.38. The van der Waals surface area contributed by atoms with Gasteiger partial charge in [0.15, 0.2) is 0 Å².